The maximum absolute atomic E-state index is 11.5. The highest BCUT2D eigenvalue weighted by atomic mass is 16.5. The summed E-state index contributed by atoms with van der Waals surface area (Å²) in [7, 11) is 3.32. The highest BCUT2D eigenvalue weighted by molar-refractivity contribution is 5.76. The molecular formula is C12H20N6O2. The summed E-state index contributed by atoms with van der Waals surface area (Å²) in [6.45, 7) is 3.32. The number of rotatable bonds is 5. The molecule has 0 bridgehead atoms. The van der Waals surface area contributed by atoms with E-state index in [4.69, 9.17) is 4.74 Å². The Morgan fingerprint density at radius 3 is 2.75 bits per heavy atom. The molecule has 1 saturated heterocycles. The quantitative estimate of drug-likeness (QED) is 0.803. The largest absolute Gasteiger partial charge is 0.467 e. The van der Waals surface area contributed by atoms with E-state index in [0.29, 0.717) is 31.4 Å². The first-order valence-electron chi connectivity index (χ1n) is 6.66. The first-order chi connectivity index (χ1) is 9.62. The van der Waals surface area contributed by atoms with Gasteiger partial charge in [0.25, 0.3) is 0 Å². The molecule has 1 fully saturated rings. The van der Waals surface area contributed by atoms with E-state index < -0.39 is 0 Å². The summed E-state index contributed by atoms with van der Waals surface area (Å²) in [5.74, 6) is 1.10. The molecule has 8 nitrogen and oxygen atoms in total. The summed E-state index contributed by atoms with van der Waals surface area (Å²) < 4.78 is 5.06. The van der Waals surface area contributed by atoms with E-state index >= 15 is 0 Å². The van der Waals surface area contributed by atoms with E-state index in [1.54, 1.807) is 11.9 Å². The Bertz CT molecular complexity index is 481. The zero-order valence-electron chi connectivity index (χ0n) is 12.0. The minimum Gasteiger partial charge on any atom is -0.467 e. The van der Waals surface area contributed by atoms with E-state index in [1.165, 1.54) is 7.11 Å². The van der Waals surface area contributed by atoms with Gasteiger partial charge in [-0.25, -0.2) is 0 Å². The minimum atomic E-state index is 0.138. The van der Waals surface area contributed by atoms with Crippen LogP contribution in [0.4, 0.5) is 11.9 Å². The maximum atomic E-state index is 11.5. The Balaban J connectivity index is 2.08. The van der Waals surface area contributed by atoms with Crippen LogP contribution >= 0.6 is 0 Å². The average molecular weight is 280 g/mol. The Morgan fingerprint density at radius 2 is 2.10 bits per heavy atom. The highest BCUT2D eigenvalue weighted by Gasteiger charge is 2.23. The van der Waals surface area contributed by atoms with Gasteiger partial charge in [0.1, 0.15) is 0 Å². The Hall–Kier alpha value is -2.12. The SMILES string of the molecule is CCNc1nc(NC2CCC(=O)N(C)C2)nc(OC)n1. The molecule has 0 radical (unpaired) electrons. The van der Waals surface area contributed by atoms with E-state index in [0.717, 1.165) is 6.42 Å². The van der Waals surface area contributed by atoms with Crippen molar-refractivity contribution in [3.05, 3.63) is 0 Å². The molecule has 1 atom stereocenters. The Morgan fingerprint density at radius 1 is 1.35 bits per heavy atom. The number of likely N-dealkylation sites (N-methyl/N-ethyl adjacent to an activating group) is 1. The third kappa shape index (κ3) is 3.46. The van der Waals surface area contributed by atoms with E-state index in [-0.39, 0.29) is 18.0 Å². The normalized spacial score (nSPS) is 18.9. The third-order valence-corrected chi connectivity index (χ3v) is 3.09. The summed E-state index contributed by atoms with van der Waals surface area (Å²) in [6.07, 6.45) is 1.31. The second kappa shape index (κ2) is 6.36. The second-order valence-corrected chi connectivity index (χ2v) is 4.65. The van der Waals surface area contributed by atoms with Crippen LogP contribution < -0.4 is 15.4 Å². The lowest BCUT2D eigenvalue weighted by Crippen LogP contribution is -2.43. The second-order valence-electron chi connectivity index (χ2n) is 4.65. The molecule has 1 aromatic rings. The highest BCUT2D eigenvalue weighted by Crippen LogP contribution is 2.16. The summed E-state index contributed by atoms with van der Waals surface area (Å²) >= 11 is 0. The molecule has 0 aromatic carbocycles. The molecular weight excluding hydrogens is 260 g/mol. The van der Waals surface area contributed by atoms with Crippen LogP contribution in [0.1, 0.15) is 19.8 Å². The molecule has 110 valence electrons. The summed E-state index contributed by atoms with van der Waals surface area (Å²) in [6, 6.07) is 0.401. The van der Waals surface area contributed by atoms with Gasteiger partial charge >= 0.3 is 6.01 Å². The smallest absolute Gasteiger partial charge is 0.322 e. The average Bonchev–Trinajstić information content (AvgIpc) is 2.43. The van der Waals surface area contributed by atoms with Crippen molar-refractivity contribution in [3.63, 3.8) is 0 Å². The molecule has 2 rings (SSSR count). The van der Waals surface area contributed by atoms with Crippen LogP contribution in [0.25, 0.3) is 0 Å². The lowest BCUT2D eigenvalue weighted by atomic mass is 10.1. The van der Waals surface area contributed by atoms with Gasteiger partial charge in [-0.2, -0.15) is 15.0 Å². The number of anilines is 2. The topological polar surface area (TPSA) is 92.3 Å². The van der Waals surface area contributed by atoms with E-state index in [1.807, 2.05) is 6.92 Å². The number of nitrogens with one attached hydrogen (secondary N) is 2. The fourth-order valence-corrected chi connectivity index (χ4v) is 2.06. The zero-order chi connectivity index (χ0) is 14.5. The molecule has 1 aliphatic heterocycles. The van der Waals surface area contributed by atoms with Crippen LogP contribution in [-0.4, -0.2) is 59.0 Å². The van der Waals surface area contributed by atoms with Crippen LogP contribution in [-0.2, 0) is 4.79 Å². The molecule has 2 heterocycles. The summed E-state index contributed by atoms with van der Waals surface area (Å²) in [5.41, 5.74) is 0. The maximum Gasteiger partial charge on any atom is 0.322 e. The van der Waals surface area contributed by atoms with Crippen molar-refractivity contribution in [2.75, 3.05) is 37.9 Å². The van der Waals surface area contributed by atoms with Crippen molar-refractivity contribution in [2.45, 2.75) is 25.8 Å². The molecule has 2 N–H and O–H groups in total. The molecule has 8 heteroatoms. The van der Waals surface area contributed by atoms with Crippen molar-refractivity contribution in [1.29, 1.82) is 0 Å². The van der Waals surface area contributed by atoms with E-state index in [2.05, 4.69) is 25.6 Å². The first kappa shape index (κ1) is 14.3. The Labute approximate surface area is 118 Å². The van der Waals surface area contributed by atoms with E-state index in [9.17, 15) is 4.79 Å². The lowest BCUT2D eigenvalue weighted by Gasteiger charge is -2.30. The molecule has 1 aliphatic rings. The zero-order valence-corrected chi connectivity index (χ0v) is 12.0. The van der Waals surface area contributed by atoms with Crippen LogP contribution in [0.5, 0.6) is 6.01 Å². The van der Waals surface area contributed by atoms with Gasteiger partial charge in [0, 0.05) is 32.6 Å². The van der Waals surface area contributed by atoms with Gasteiger partial charge in [-0.05, 0) is 13.3 Å². The number of hydrogen-bond donors (Lipinski definition) is 2. The number of carbonyl (C=O) groups is 1. The molecule has 20 heavy (non-hydrogen) atoms. The number of nitrogens with zero attached hydrogens (tertiary/aromatic N) is 4. The molecule has 0 saturated carbocycles. The number of hydrogen-bond acceptors (Lipinski definition) is 7. The summed E-state index contributed by atoms with van der Waals surface area (Å²) in [5, 5.41) is 6.26. The predicted molar refractivity (Wildman–Crippen MR) is 74.8 cm³/mol. The van der Waals surface area contributed by atoms with Gasteiger partial charge in [-0.3, -0.25) is 4.79 Å². The van der Waals surface area contributed by atoms with Gasteiger partial charge in [0.05, 0.1) is 7.11 Å². The predicted octanol–water partition coefficient (Wildman–Crippen LogP) is 0.345. The van der Waals surface area contributed by atoms with Gasteiger partial charge < -0.3 is 20.3 Å². The van der Waals surface area contributed by atoms with Crippen molar-refractivity contribution in [3.8, 4) is 6.01 Å². The van der Waals surface area contributed by atoms with Crippen molar-refractivity contribution in [1.82, 2.24) is 19.9 Å². The fourth-order valence-electron chi connectivity index (χ4n) is 2.06. The number of aromatic nitrogens is 3. The van der Waals surface area contributed by atoms with Crippen molar-refractivity contribution in [2.24, 2.45) is 0 Å². The number of piperidine rings is 1. The standard InChI is InChI=1S/C12H20N6O2/c1-4-13-10-15-11(17-12(16-10)20-3)14-8-5-6-9(19)18(2)7-8/h8H,4-7H2,1-3H3,(H2,13,14,15,16,17). The molecule has 0 spiro atoms. The molecule has 1 unspecified atom stereocenters. The number of ether oxygens (including phenoxy) is 1. The van der Waals surface area contributed by atoms with Crippen LogP contribution in [0, 0.1) is 0 Å². The fraction of sp³-hybridized carbons (Fsp3) is 0.667. The number of amides is 1. The number of methoxy groups -OCH3 is 1. The molecule has 1 aromatic heterocycles. The van der Waals surface area contributed by atoms with Crippen molar-refractivity contribution < 1.29 is 9.53 Å². The Kier molecular flexibility index (Phi) is 4.54. The van der Waals surface area contributed by atoms with Gasteiger partial charge in [0.15, 0.2) is 0 Å². The number of carbonyl (C=O) groups excluding carboxylic acids is 1. The monoisotopic (exact) mass is 280 g/mol. The van der Waals surface area contributed by atoms with Crippen molar-refractivity contribution >= 4 is 17.8 Å². The lowest BCUT2D eigenvalue weighted by molar-refractivity contribution is -0.132. The minimum absolute atomic E-state index is 0.138. The number of likely N-dealkylation sites (tertiary alicyclic amines) is 1. The molecule has 1 amide bonds. The van der Waals surface area contributed by atoms with Gasteiger partial charge in [0.2, 0.25) is 17.8 Å². The van der Waals surface area contributed by atoms with Crippen LogP contribution in [0.2, 0.25) is 0 Å². The van der Waals surface area contributed by atoms with Crippen LogP contribution in [0.15, 0.2) is 0 Å². The van der Waals surface area contributed by atoms with Crippen LogP contribution in [0.3, 0.4) is 0 Å². The third-order valence-electron chi connectivity index (χ3n) is 3.09. The summed E-state index contributed by atoms with van der Waals surface area (Å²) in [4.78, 5) is 25.7. The van der Waals surface area contributed by atoms with Gasteiger partial charge in [-0.15, -0.1) is 0 Å². The van der Waals surface area contributed by atoms with Gasteiger partial charge in [-0.1, -0.05) is 0 Å². The molecule has 0 aliphatic carbocycles. The first-order valence-corrected chi connectivity index (χ1v) is 6.66.